The molecule has 0 saturated carbocycles. The molecule has 1 saturated heterocycles. The lowest BCUT2D eigenvalue weighted by Crippen LogP contribution is -2.48. The second-order valence-electron chi connectivity index (χ2n) is 7.25. The minimum Gasteiger partial charge on any atom is -0.496 e. The number of benzene rings is 1. The Labute approximate surface area is 167 Å². The first-order valence-electron chi connectivity index (χ1n) is 9.94. The lowest BCUT2D eigenvalue weighted by atomic mass is 10.0. The van der Waals surface area contributed by atoms with Crippen molar-refractivity contribution in [3.8, 4) is 5.75 Å². The van der Waals surface area contributed by atoms with Gasteiger partial charge in [-0.1, -0.05) is 18.2 Å². The summed E-state index contributed by atoms with van der Waals surface area (Å²) in [6.45, 7) is 9.40. The van der Waals surface area contributed by atoms with Crippen molar-refractivity contribution in [2.45, 2.75) is 32.9 Å². The summed E-state index contributed by atoms with van der Waals surface area (Å²) in [5.74, 6) is 1.71. The van der Waals surface area contributed by atoms with Crippen LogP contribution in [0.1, 0.15) is 42.7 Å². The fraction of sp³-hybridized carbons (Fsp3) is 0.455. The van der Waals surface area contributed by atoms with Crippen LogP contribution in [0.2, 0.25) is 0 Å². The van der Waals surface area contributed by atoms with E-state index in [0.29, 0.717) is 24.7 Å². The molecule has 0 radical (unpaired) electrons. The van der Waals surface area contributed by atoms with Gasteiger partial charge < -0.3 is 19.9 Å². The summed E-state index contributed by atoms with van der Waals surface area (Å²) in [6, 6.07) is 12.0. The van der Waals surface area contributed by atoms with Crippen LogP contribution < -0.4 is 15.0 Å². The van der Waals surface area contributed by atoms with Crippen molar-refractivity contribution in [1.29, 1.82) is 0 Å². The molecular formula is C22H30N4O2. The van der Waals surface area contributed by atoms with Crippen LogP contribution in [-0.2, 0) is 0 Å². The Morgan fingerprint density at radius 3 is 2.75 bits per heavy atom. The Balaban J connectivity index is 1.85. The number of aromatic nitrogens is 1. The minimum absolute atomic E-state index is 0.00375. The number of ether oxygens (including phenoxy) is 1. The number of hydrogen-bond donors (Lipinski definition) is 1. The molecule has 1 N–H and O–H groups in total. The van der Waals surface area contributed by atoms with E-state index in [1.165, 1.54) is 0 Å². The monoisotopic (exact) mass is 382 g/mol. The molecular weight excluding hydrogens is 352 g/mol. The molecule has 2 heterocycles. The standard InChI is InChI=1S/C22H30N4O2/c1-5-25(16(2)3)21-11-10-17(14-24-21)22(27)26-13-12-23-15-19(26)18-8-6-7-9-20(18)28-4/h6-11,14,16,19,23H,5,12-13,15H2,1-4H3. The van der Waals surface area contributed by atoms with Crippen LogP contribution in [-0.4, -0.2) is 55.1 Å². The van der Waals surface area contributed by atoms with Crippen molar-refractivity contribution in [2.75, 3.05) is 38.2 Å². The highest BCUT2D eigenvalue weighted by atomic mass is 16.5. The summed E-state index contributed by atoms with van der Waals surface area (Å²) >= 11 is 0. The van der Waals surface area contributed by atoms with Crippen LogP contribution in [0, 0.1) is 0 Å². The van der Waals surface area contributed by atoms with Crippen LogP contribution >= 0.6 is 0 Å². The fourth-order valence-corrected chi connectivity index (χ4v) is 3.81. The Kier molecular flexibility index (Phi) is 6.52. The topological polar surface area (TPSA) is 57.7 Å². The van der Waals surface area contributed by atoms with Crippen LogP contribution in [0.3, 0.4) is 0 Å². The molecule has 1 amide bonds. The Bertz CT molecular complexity index is 791. The Hall–Kier alpha value is -2.60. The molecule has 0 aliphatic carbocycles. The van der Waals surface area contributed by atoms with Gasteiger partial charge in [0.2, 0.25) is 0 Å². The number of anilines is 1. The number of para-hydroxylation sites is 1. The van der Waals surface area contributed by atoms with Gasteiger partial charge in [0.25, 0.3) is 5.91 Å². The van der Waals surface area contributed by atoms with Crippen molar-refractivity contribution < 1.29 is 9.53 Å². The molecule has 3 rings (SSSR count). The van der Waals surface area contributed by atoms with E-state index < -0.39 is 0 Å². The molecule has 1 unspecified atom stereocenters. The number of methoxy groups -OCH3 is 1. The fourth-order valence-electron chi connectivity index (χ4n) is 3.81. The highest BCUT2D eigenvalue weighted by molar-refractivity contribution is 5.94. The number of pyridine rings is 1. The number of amides is 1. The average Bonchev–Trinajstić information content (AvgIpc) is 2.74. The number of rotatable bonds is 6. The molecule has 0 spiro atoms. The Morgan fingerprint density at radius 2 is 2.11 bits per heavy atom. The van der Waals surface area contributed by atoms with Crippen molar-refractivity contribution in [3.63, 3.8) is 0 Å². The third kappa shape index (κ3) is 4.12. The summed E-state index contributed by atoms with van der Waals surface area (Å²) in [6.07, 6.45) is 1.70. The van der Waals surface area contributed by atoms with E-state index in [9.17, 15) is 4.79 Å². The molecule has 6 heteroatoms. The van der Waals surface area contributed by atoms with Crippen LogP contribution in [0.15, 0.2) is 42.6 Å². The molecule has 1 atom stereocenters. The van der Waals surface area contributed by atoms with Crippen molar-refractivity contribution in [1.82, 2.24) is 15.2 Å². The van der Waals surface area contributed by atoms with Gasteiger partial charge >= 0.3 is 0 Å². The number of hydrogen-bond acceptors (Lipinski definition) is 5. The van der Waals surface area contributed by atoms with Gasteiger partial charge in [-0.05, 0) is 39.0 Å². The predicted molar refractivity (Wildman–Crippen MR) is 112 cm³/mol. The quantitative estimate of drug-likeness (QED) is 0.832. The van der Waals surface area contributed by atoms with E-state index in [4.69, 9.17) is 4.74 Å². The molecule has 2 aromatic rings. The molecule has 1 aliphatic heterocycles. The zero-order chi connectivity index (χ0) is 20.1. The zero-order valence-corrected chi connectivity index (χ0v) is 17.2. The van der Waals surface area contributed by atoms with E-state index in [1.807, 2.05) is 41.3 Å². The minimum atomic E-state index is -0.0696. The van der Waals surface area contributed by atoms with Gasteiger partial charge in [0.05, 0.1) is 18.7 Å². The van der Waals surface area contributed by atoms with Gasteiger partial charge in [0, 0.05) is 44.0 Å². The third-order valence-electron chi connectivity index (χ3n) is 5.26. The molecule has 150 valence electrons. The van der Waals surface area contributed by atoms with E-state index >= 15 is 0 Å². The van der Waals surface area contributed by atoms with E-state index in [-0.39, 0.29) is 11.9 Å². The highest BCUT2D eigenvalue weighted by Crippen LogP contribution is 2.31. The summed E-state index contributed by atoms with van der Waals surface area (Å²) in [4.78, 5) is 22.0. The van der Waals surface area contributed by atoms with Crippen molar-refractivity contribution >= 4 is 11.7 Å². The number of piperazine rings is 1. The first-order valence-corrected chi connectivity index (χ1v) is 9.94. The van der Waals surface area contributed by atoms with E-state index in [2.05, 4.69) is 36.0 Å². The molecule has 0 bridgehead atoms. The first kappa shape index (κ1) is 20.1. The summed E-state index contributed by atoms with van der Waals surface area (Å²) in [5.41, 5.74) is 1.64. The van der Waals surface area contributed by atoms with Crippen LogP contribution in [0.25, 0.3) is 0 Å². The van der Waals surface area contributed by atoms with Crippen LogP contribution in [0.4, 0.5) is 5.82 Å². The number of nitrogens with zero attached hydrogens (tertiary/aromatic N) is 3. The van der Waals surface area contributed by atoms with E-state index in [1.54, 1.807) is 13.3 Å². The normalized spacial score (nSPS) is 16.9. The molecule has 1 fully saturated rings. The summed E-state index contributed by atoms with van der Waals surface area (Å²) < 4.78 is 5.53. The van der Waals surface area contributed by atoms with Gasteiger partial charge in [-0.3, -0.25) is 4.79 Å². The second kappa shape index (κ2) is 9.06. The SMILES string of the molecule is CCN(c1ccc(C(=O)N2CCNCC2c2ccccc2OC)cn1)C(C)C. The molecule has 1 aromatic heterocycles. The van der Waals surface area contributed by atoms with Gasteiger partial charge in [-0.2, -0.15) is 0 Å². The smallest absolute Gasteiger partial charge is 0.256 e. The first-order chi connectivity index (χ1) is 13.6. The predicted octanol–water partition coefficient (Wildman–Crippen LogP) is 3.11. The van der Waals surface area contributed by atoms with Crippen molar-refractivity contribution in [2.24, 2.45) is 0 Å². The number of nitrogens with one attached hydrogen (secondary N) is 1. The largest absolute Gasteiger partial charge is 0.496 e. The molecule has 28 heavy (non-hydrogen) atoms. The lowest BCUT2D eigenvalue weighted by molar-refractivity contribution is 0.0631. The maximum absolute atomic E-state index is 13.3. The van der Waals surface area contributed by atoms with E-state index in [0.717, 1.165) is 30.2 Å². The highest BCUT2D eigenvalue weighted by Gasteiger charge is 2.30. The second-order valence-corrected chi connectivity index (χ2v) is 7.25. The van der Waals surface area contributed by atoms with Crippen molar-refractivity contribution in [3.05, 3.63) is 53.7 Å². The molecule has 1 aromatic carbocycles. The van der Waals surface area contributed by atoms with Gasteiger partial charge in [0.15, 0.2) is 0 Å². The number of carbonyl (C=O) groups is 1. The molecule has 6 nitrogen and oxygen atoms in total. The van der Waals surface area contributed by atoms with Crippen LogP contribution in [0.5, 0.6) is 5.75 Å². The maximum atomic E-state index is 13.3. The van der Waals surface area contributed by atoms with Gasteiger partial charge in [-0.25, -0.2) is 4.98 Å². The lowest BCUT2D eigenvalue weighted by Gasteiger charge is -2.37. The summed E-state index contributed by atoms with van der Waals surface area (Å²) in [7, 11) is 1.66. The van der Waals surface area contributed by atoms with Gasteiger partial charge in [-0.15, -0.1) is 0 Å². The maximum Gasteiger partial charge on any atom is 0.256 e. The summed E-state index contributed by atoms with van der Waals surface area (Å²) in [5, 5.41) is 3.39. The zero-order valence-electron chi connectivity index (χ0n) is 17.2. The average molecular weight is 383 g/mol. The Morgan fingerprint density at radius 1 is 1.32 bits per heavy atom. The number of carbonyl (C=O) groups excluding carboxylic acids is 1. The third-order valence-corrected chi connectivity index (χ3v) is 5.26. The molecule has 1 aliphatic rings. The van der Waals surface area contributed by atoms with Gasteiger partial charge in [0.1, 0.15) is 11.6 Å².